The Bertz CT molecular complexity index is 1110. The zero-order chi connectivity index (χ0) is 24.1. The Balaban J connectivity index is 1.71. The molecule has 1 heterocycles. The van der Waals surface area contributed by atoms with Crippen molar-refractivity contribution in [1.82, 2.24) is 14.8 Å². The van der Waals surface area contributed by atoms with Gasteiger partial charge in [0.05, 0.1) is 5.75 Å². The number of nitrogens with zero attached hydrogens (tertiary/aromatic N) is 3. The zero-order valence-corrected chi connectivity index (χ0v) is 22.3. The summed E-state index contributed by atoms with van der Waals surface area (Å²) in [6.07, 6.45) is -0.284. The second-order valence-electron chi connectivity index (χ2n) is 8.56. The van der Waals surface area contributed by atoms with E-state index in [2.05, 4.69) is 65.2 Å². The van der Waals surface area contributed by atoms with Crippen molar-refractivity contribution in [3.05, 3.63) is 63.9 Å². The van der Waals surface area contributed by atoms with Crippen LogP contribution < -0.4 is 10.1 Å². The van der Waals surface area contributed by atoms with Gasteiger partial charge in [0.25, 0.3) is 0 Å². The number of thioether (sulfide) groups is 1. The third kappa shape index (κ3) is 6.38. The number of carbonyl (C=O) groups excluding carboxylic acids is 1. The van der Waals surface area contributed by atoms with Gasteiger partial charge in [0, 0.05) is 16.2 Å². The summed E-state index contributed by atoms with van der Waals surface area (Å²) >= 11 is 4.85. The summed E-state index contributed by atoms with van der Waals surface area (Å²) < 4.78 is 9.37. The molecule has 0 aliphatic rings. The highest BCUT2D eigenvalue weighted by Crippen LogP contribution is 2.32. The monoisotopic (exact) mass is 530 g/mol. The number of anilines is 1. The molecule has 0 aliphatic carbocycles. The molecule has 0 radical (unpaired) electrons. The summed E-state index contributed by atoms with van der Waals surface area (Å²) in [5.74, 6) is 2.12. The van der Waals surface area contributed by atoms with E-state index in [1.807, 2.05) is 54.8 Å². The average Bonchev–Trinajstić information content (AvgIpc) is 3.19. The lowest BCUT2D eigenvalue weighted by molar-refractivity contribution is -0.113. The minimum absolute atomic E-state index is 0.0864. The second-order valence-corrected chi connectivity index (χ2v) is 10.4. The van der Waals surface area contributed by atoms with Crippen molar-refractivity contribution >= 4 is 39.3 Å². The van der Waals surface area contributed by atoms with E-state index in [0.29, 0.717) is 11.1 Å². The lowest BCUT2D eigenvalue weighted by Crippen LogP contribution is -2.17. The van der Waals surface area contributed by atoms with Gasteiger partial charge < -0.3 is 14.6 Å². The first kappa shape index (κ1) is 25.3. The topological polar surface area (TPSA) is 69.0 Å². The number of carbonyl (C=O) groups is 1. The average molecular weight is 532 g/mol. The van der Waals surface area contributed by atoms with Crippen LogP contribution in [0.4, 0.5) is 5.69 Å². The molecule has 2 aromatic carbocycles. The Labute approximate surface area is 208 Å². The van der Waals surface area contributed by atoms with Gasteiger partial charge in [-0.05, 0) is 69.0 Å². The van der Waals surface area contributed by atoms with Crippen molar-refractivity contribution in [1.29, 1.82) is 0 Å². The molecule has 0 aliphatic heterocycles. The number of ether oxygens (including phenoxy) is 1. The lowest BCUT2D eigenvalue weighted by atomic mass is 10.0. The van der Waals surface area contributed by atoms with Crippen molar-refractivity contribution in [3.63, 3.8) is 0 Å². The van der Waals surface area contributed by atoms with E-state index in [1.54, 1.807) is 0 Å². The minimum atomic E-state index is -0.284. The molecular weight excluding hydrogens is 500 g/mol. The van der Waals surface area contributed by atoms with Gasteiger partial charge in [0.1, 0.15) is 5.75 Å². The van der Waals surface area contributed by atoms with E-state index in [9.17, 15) is 4.79 Å². The molecule has 33 heavy (non-hydrogen) atoms. The van der Waals surface area contributed by atoms with E-state index < -0.39 is 0 Å². The molecule has 176 valence electrons. The van der Waals surface area contributed by atoms with Crippen LogP contribution in [0.5, 0.6) is 5.75 Å². The third-order valence-corrected chi connectivity index (χ3v) is 7.02. The molecule has 0 fully saturated rings. The Morgan fingerprint density at radius 1 is 1.12 bits per heavy atom. The summed E-state index contributed by atoms with van der Waals surface area (Å²) in [5, 5.41) is 12.4. The van der Waals surface area contributed by atoms with Crippen LogP contribution in [-0.2, 0) is 4.79 Å². The molecule has 1 amide bonds. The molecule has 0 saturated carbocycles. The number of hydrogen-bond acceptors (Lipinski definition) is 5. The number of rotatable bonds is 9. The molecule has 1 N–H and O–H groups in total. The second kappa shape index (κ2) is 11.2. The van der Waals surface area contributed by atoms with E-state index >= 15 is 0 Å². The summed E-state index contributed by atoms with van der Waals surface area (Å²) in [5.41, 5.74) is 3.00. The molecule has 3 rings (SSSR count). The van der Waals surface area contributed by atoms with E-state index in [-0.39, 0.29) is 23.8 Å². The first-order valence-electron chi connectivity index (χ1n) is 11.1. The third-order valence-electron chi connectivity index (χ3n) is 5.19. The van der Waals surface area contributed by atoms with E-state index in [4.69, 9.17) is 4.74 Å². The van der Waals surface area contributed by atoms with Crippen LogP contribution in [-0.4, -0.2) is 26.4 Å². The molecule has 1 unspecified atom stereocenters. The summed E-state index contributed by atoms with van der Waals surface area (Å²) in [4.78, 5) is 12.5. The van der Waals surface area contributed by atoms with E-state index in [0.717, 1.165) is 32.9 Å². The minimum Gasteiger partial charge on any atom is -0.482 e. The fourth-order valence-electron chi connectivity index (χ4n) is 3.51. The molecule has 0 spiro atoms. The lowest BCUT2D eigenvalue weighted by Gasteiger charge is -2.21. The Morgan fingerprint density at radius 3 is 2.52 bits per heavy atom. The molecule has 8 heteroatoms. The van der Waals surface area contributed by atoms with Crippen LogP contribution in [0.2, 0.25) is 0 Å². The van der Waals surface area contributed by atoms with E-state index in [1.165, 1.54) is 11.8 Å². The summed E-state index contributed by atoms with van der Waals surface area (Å²) in [6, 6.07) is 14.0. The molecular formula is C25H31BrN4O2S. The fourth-order valence-corrected chi connectivity index (χ4v) is 4.63. The number of aromatic nitrogens is 3. The van der Waals surface area contributed by atoms with Crippen LogP contribution in [0.3, 0.4) is 0 Å². The highest BCUT2D eigenvalue weighted by atomic mass is 79.9. The molecule has 3 aromatic rings. The van der Waals surface area contributed by atoms with Gasteiger partial charge in [-0.25, -0.2) is 0 Å². The summed E-state index contributed by atoms with van der Waals surface area (Å²) in [6.45, 7) is 12.4. The van der Waals surface area contributed by atoms with Gasteiger partial charge >= 0.3 is 0 Å². The first-order chi connectivity index (χ1) is 15.7. The van der Waals surface area contributed by atoms with Gasteiger partial charge in [-0.15, -0.1) is 10.2 Å². The van der Waals surface area contributed by atoms with Crippen molar-refractivity contribution in [3.8, 4) is 5.75 Å². The van der Waals surface area contributed by atoms with Crippen LogP contribution in [0.1, 0.15) is 69.6 Å². The number of para-hydroxylation sites is 1. The number of amides is 1. The summed E-state index contributed by atoms with van der Waals surface area (Å²) in [7, 11) is 0. The molecule has 0 saturated heterocycles. The molecule has 0 bridgehead atoms. The maximum Gasteiger partial charge on any atom is 0.234 e. The highest BCUT2D eigenvalue weighted by Gasteiger charge is 2.23. The van der Waals surface area contributed by atoms with Crippen LogP contribution in [0.25, 0.3) is 0 Å². The highest BCUT2D eigenvalue weighted by molar-refractivity contribution is 9.10. The molecule has 1 aromatic heterocycles. The largest absolute Gasteiger partial charge is 0.482 e. The normalized spacial score (nSPS) is 12.3. The quantitative estimate of drug-likeness (QED) is 0.304. The predicted octanol–water partition coefficient (Wildman–Crippen LogP) is 6.92. The van der Waals surface area contributed by atoms with Crippen LogP contribution in [0, 0.1) is 6.92 Å². The van der Waals surface area contributed by atoms with Crippen LogP contribution in [0.15, 0.2) is 52.1 Å². The van der Waals surface area contributed by atoms with Gasteiger partial charge in [0.15, 0.2) is 17.1 Å². The molecule has 1 atom stereocenters. The van der Waals surface area contributed by atoms with Gasteiger partial charge in [0.2, 0.25) is 5.91 Å². The van der Waals surface area contributed by atoms with Crippen molar-refractivity contribution in [2.24, 2.45) is 0 Å². The number of benzene rings is 2. The Hall–Kier alpha value is -2.32. The van der Waals surface area contributed by atoms with Crippen LogP contribution >= 0.6 is 27.7 Å². The maximum absolute atomic E-state index is 12.5. The predicted molar refractivity (Wildman–Crippen MR) is 138 cm³/mol. The number of hydrogen-bond donors (Lipinski definition) is 1. The van der Waals surface area contributed by atoms with Crippen molar-refractivity contribution in [2.75, 3.05) is 11.1 Å². The molecule has 6 nitrogen and oxygen atoms in total. The first-order valence-corrected chi connectivity index (χ1v) is 12.8. The fraction of sp³-hybridized carbons (Fsp3) is 0.400. The van der Waals surface area contributed by atoms with Gasteiger partial charge in [-0.3, -0.25) is 4.79 Å². The SMILES string of the molecule is Cc1cc(NC(=O)CSc2nnc(C(C)Oc3ccccc3C(C)C)n2C(C)C)ccc1Br. The zero-order valence-electron chi connectivity index (χ0n) is 19.9. The smallest absolute Gasteiger partial charge is 0.234 e. The maximum atomic E-state index is 12.5. The standard InChI is InChI=1S/C25H31BrN4O2S/c1-15(2)20-9-7-8-10-22(20)32-18(6)24-28-29-25(30(24)16(3)4)33-14-23(31)27-19-11-12-21(26)17(5)13-19/h7-13,15-16,18H,14H2,1-6H3,(H,27,31). The van der Waals surface area contributed by atoms with Gasteiger partial charge in [-0.2, -0.15) is 0 Å². The number of aryl methyl sites for hydroxylation is 1. The number of halogens is 1. The van der Waals surface area contributed by atoms with Crippen molar-refractivity contribution < 1.29 is 9.53 Å². The Morgan fingerprint density at radius 2 is 1.85 bits per heavy atom. The number of nitrogens with one attached hydrogen (secondary N) is 1. The van der Waals surface area contributed by atoms with Crippen molar-refractivity contribution in [2.45, 2.75) is 64.8 Å². The Kier molecular flexibility index (Phi) is 8.59. The van der Waals surface area contributed by atoms with Gasteiger partial charge in [-0.1, -0.05) is 59.7 Å².